The minimum atomic E-state index is -0.862. The number of anilines is 3. The van der Waals surface area contributed by atoms with Crippen LogP contribution < -0.4 is 25.9 Å². The molecule has 3 rings (SSSR count). The molecule has 1 atom stereocenters. The zero-order valence-corrected chi connectivity index (χ0v) is 20.3. The first-order valence-electron chi connectivity index (χ1n) is 11.4. The van der Waals surface area contributed by atoms with Crippen LogP contribution in [0.5, 0.6) is 0 Å². The van der Waals surface area contributed by atoms with Crippen LogP contribution in [-0.4, -0.2) is 73.9 Å². The highest BCUT2D eigenvalue weighted by Gasteiger charge is 2.33. The van der Waals surface area contributed by atoms with Crippen LogP contribution in [0.3, 0.4) is 0 Å². The molecule has 1 aromatic carbocycles. The number of hydrogen-bond donors (Lipinski definition) is 3. The quantitative estimate of drug-likeness (QED) is 0.424. The Kier molecular flexibility index (Phi) is 8.95. The van der Waals surface area contributed by atoms with Crippen molar-refractivity contribution in [2.24, 2.45) is 0 Å². The molecule has 13 heteroatoms. The molecule has 4 amide bonds. The van der Waals surface area contributed by atoms with Crippen LogP contribution in [-0.2, 0) is 9.53 Å². The maximum absolute atomic E-state index is 15.1. The summed E-state index contributed by atoms with van der Waals surface area (Å²) in [5.41, 5.74) is 2.48. The molecule has 0 saturated carbocycles. The number of urea groups is 1. The van der Waals surface area contributed by atoms with Gasteiger partial charge in [-0.1, -0.05) is 6.07 Å². The molecule has 11 nitrogen and oxygen atoms in total. The second-order valence-corrected chi connectivity index (χ2v) is 7.91. The van der Waals surface area contributed by atoms with E-state index in [9.17, 15) is 14.4 Å². The Hall–Kier alpha value is -4.00. The standard InChI is InChI=1S/C23H29F2N7O4/c1-4-30(9-10-32(26-3)22(34)29-20-7-5-6-8-27-20)21-18(24)11-16(12-19(21)25)31-14-17(36-23(31)35)13-28-15(2)33/h5-8,11-12,17,26H,4,9-10,13-14H2,1-3H3,(H,28,33)(H,27,29,34)/t17-/m0/s1. The zero-order valence-electron chi connectivity index (χ0n) is 20.3. The van der Waals surface area contributed by atoms with Crippen molar-refractivity contribution < 1.29 is 27.9 Å². The van der Waals surface area contributed by atoms with Gasteiger partial charge in [0.05, 0.1) is 25.3 Å². The molecule has 1 aromatic heterocycles. The van der Waals surface area contributed by atoms with Gasteiger partial charge in [0.25, 0.3) is 0 Å². The van der Waals surface area contributed by atoms with Gasteiger partial charge in [0.15, 0.2) is 11.6 Å². The fourth-order valence-corrected chi connectivity index (χ4v) is 3.68. The number of carbonyl (C=O) groups excluding carboxylic acids is 3. The van der Waals surface area contributed by atoms with Crippen molar-refractivity contribution in [2.45, 2.75) is 20.0 Å². The number of carbonyl (C=O) groups is 3. The molecule has 36 heavy (non-hydrogen) atoms. The predicted molar refractivity (Wildman–Crippen MR) is 130 cm³/mol. The van der Waals surface area contributed by atoms with Crippen molar-refractivity contribution in [3.05, 3.63) is 48.2 Å². The van der Waals surface area contributed by atoms with Crippen LogP contribution in [0.2, 0.25) is 0 Å². The highest BCUT2D eigenvalue weighted by Crippen LogP contribution is 2.31. The number of halogens is 2. The average Bonchev–Trinajstić information content (AvgIpc) is 3.22. The number of ether oxygens (including phenoxy) is 1. The van der Waals surface area contributed by atoms with E-state index in [0.717, 1.165) is 17.0 Å². The van der Waals surface area contributed by atoms with Crippen LogP contribution >= 0.6 is 0 Å². The van der Waals surface area contributed by atoms with E-state index in [2.05, 4.69) is 21.0 Å². The maximum atomic E-state index is 15.1. The highest BCUT2D eigenvalue weighted by atomic mass is 19.1. The van der Waals surface area contributed by atoms with Crippen molar-refractivity contribution in [1.82, 2.24) is 20.7 Å². The van der Waals surface area contributed by atoms with Gasteiger partial charge in [-0.25, -0.2) is 28.8 Å². The first-order chi connectivity index (χ1) is 17.2. The molecule has 194 valence electrons. The fraction of sp³-hybridized carbons (Fsp3) is 0.391. The van der Waals surface area contributed by atoms with Gasteiger partial charge in [0.2, 0.25) is 5.91 Å². The van der Waals surface area contributed by atoms with Gasteiger partial charge in [-0.3, -0.25) is 20.0 Å². The first kappa shape index (κ1) is 26.6. The molecule has 1 fully saturated rings. The second kappa shape index (κ2) is 12.1. The third-order valence-corrected chi connectivity index (χ3v) is 5.47. The van der Waals surface area contributed by atoms with Crippen LogP contribution in [0, 0.1) is 11.6 Å². The molecule has 1 aliphatic rings. The van der Waals surface area contributed by atoms with Crippen molar-refractivity contribution in [2.75, 3.05) is 54.9 Å². The fourth-order valence-electron chi connectivity index (χ4n) is 3.68. The smallest absolute Gasteiger partial charge is 0.414 e. The minimum Gasteiger partial charge on any atom is -0.442 e. The Labute approximate surface area is 207 Å². The predicted octanol–water partition coefficient (Wildman–Crippen LogP) is 2.32. The van der Waals surface area contributed by atoms with Gasteiger partial charge in [-0.05, 0) is 19.1 Å². The molecule has 0 unspecified atom stereocenters. The van der Waals surface area contributed by atoms with E-state index in [1.807, 2.05) is 0 Å². The highest BCUT2D eigenvalue weighted by molar-refractivity contribution is 5.90. The summed E-state index contributed by atoms with van der Waals surface area (Å²) in [5, 5.41) is 6.44. The summed E-state index contributed by atoms with van der Waals surface area (Å²) in [4.78, 5) is 42.4. The van der Waals surface area contributed by atoms with Crippen LogP contribution in [0.4, 0.5) is 35.6 Å². The molecule has 2 heterocycles. The summed E-state index contributed by atoms with van der Waals surface area (Å²) < 4.78 is 35.4. The lowest BCUT2D eigenvalue weighted by atomic mass is 10.2. The van der Waals surface area contributed by atoms with Gasteiger partial charge in [-0.2, -0.15) is 0 Å². The number of cyclic esters (lactones) is 1. The third kappa shape index (κ3) is 6.56. The second-order valence-electron chi connectivity index (χ2n) is 7.91. The number of hydrogen-bond acceptors (Lipinski definition) is 7. The van der Waals surface area contributed by atoms with E-state index in [-0.39, 0.29) is 50.0 Å². The monoisotopic (exact) mass is 505 g/mol. The van der Waals surface area contributed by atoms with Gasteiger partial charge in [-0.15, -0.1) is 0 Å². The van der Waals surface area contributed by atoms with Gasteiger partial charge >= 0.3 is 12.1 Å². The minimum absolute atomic E-state index is 0.00622. The van der Waals surface area contributed by atoms with E-state index in [4.69, 9.17) is 4.74 Å². The summed E-state index contributed by atoms with van der Waals surface area (Å²) in [5.74, 6) is -1.64. The van der Waals surface area contributed by atoms with E-state index in [0.29, 0.717) is 5.82 Å². The van der Waals surface area contributed by atoms with Crippen molar-refractivity contribution >= 4 is 35.2 Å². The zero-order chi connectivity index (χ0) is 26.2. The van der Waals surface area contributed by atoms with Crippen LogP contribution in [0.25, 0.3) is 0 Å². The van der Waals surface area contributed by atoms with Gasteiger partial charge in [0.1, 0.15) is 17.6 Å². The number of pyridine rings is 1. The molecular formula is C23H29F2N7O4. The van der Waals surface area contributed by atoms with E-state index in [1.165, 1.54) is 16.8 Å². The Bertz CT molecular complexity index is 1070. The van der Waals surface area contributed by atoms with E-state index >= 15 is 8.78 Å². The Morgan fingerprint density at radius 1 is 1.22 bits per heavy atom. The topological polar surface area (TPSA) is 119 Å². The Morgan fingerprint density at radius 3 is 2.53 bits per heavy atom. The summed E-state index contributed by atoms with van der Waals surface area (Å²) >= 11 is 0. The maximum Gasteiger partial charge on any atom is 0.414 e. The SMILES string of the molecule is CCN(CCN(NC)C(=O)Nc1ccccn1)c1c(F)cc(N2C[C@H](CNC(C)=O)OC2=O)cc1F. The normalized spacial score (nSPS) is 14.9. The first-order valence-corrected chi connectivity index (χ1v) is 11.4. The molecule has 0 spiro atoms. The van der Waals surface area contributed by atoms with E-state index < -0.39 is 29.9 Å². The van der Waals surface area contributed by atoms with Crippen molar-refractivity contribution in [3.8, 4) is 0 Å². The average molecular weight is 506 g/mol. The number of rotatable bonds is 10. The van der Waals surface area contributed by atoms with Crippen molar-refractivity contribution in [1.29, 1.82) is 0 Å². The van der Waals surface area contributed by atoms with E-state index in [1.54, 1.807) is 38.4 Å². The lowest BCUT2D eigenvalue weighted by Crippen LogP contribution is -2.47. The molecule has 2 aromatic rings. The summed E-state index contributed by atoms with van der Waals surface area (Å²) in [7, 11) is 1.55. The largest absolute Gasteiger partial charge is 0.442 e. The number of nitrogens with zero attached hydrogens (tertiary/aromatic N) is 4. The molecule has 1 aliphatic heterocycles. The molecular weight excluding hydrogens is 476 g/mol. The van der Waals surface area contributed by atoms with Crippen LogP contribution in [0.1, 0.15) is 13.8 Å². The van der Waals surface area contributed by atoms with Gasteiger partial charge in [0, 0.05) is 45.4 Å². The Balaban J connectivity index is 1.68. The summed E-state index contributed by atoms with van der Waals surface area (Å²) in [6, 6.07) is 6.72. The number of benzene rings is 1. The number of aromatic nitrogens is 1. The van der Waals surface area contributed by atoms with Gasteiger partial charge < -0.3 is 15.0 Å². The lowest BCUT2D eigenvalue weighted by molar-refractivity contribution is -0.119. The Morgan fingerprint density at radius 2 is 1.94 bits per heavy atom. The van der Waals surface area contributed by atoms with Crippen molar-refractivity contribution in [3.63, 3.8) is 0 Å². The molecule has 3 N–H and O–H groups in total. The molecule has 0 radical (unpaired) electrons. The lowest BCUT2D eigenvalue weighted by Gasteiger charge is -2.29. The molecule has 0 aliphatic carbocycles. The number of nitrogens with one attached hydrogen (secondary N) is 3. The third-order valence-electron chi connectivity index (χ3n) is 5.47. The summed E-state index contributed by atoms with van der Waals surface area (Å²) in [6.07, 6.45) is 0.148. The van der Waals surface area contributed by atoms with Crippen LogP contribution in [0.15, 0.2) is 36.5 Å². The molecule has 0 bridgehead atoms. The number of hydrazine groups is 1. The summed E-state index contributed by atoms with van der Waals surface area (Å²) in [6.45, 7) is 3.68. The molecule has 1 saturated heterocycles. The number of amides is 4. The number of likely N-dealkylation sites (N-methyl/N-ethyl adjacent to an activating group) is 1.